The number of aliphatic hydroxyl groups excluding tert-OH is 4. The average molecular weight is 536 g/mol. The van der Waals surface area contributed by atoms with Crippen LogP contribution in [-0.4, -0.2) is 102 Å². The molecule has 1 aromatic carbocycles. The van der Waals surface area contributed by atoms with Crippen LogP contribution in [0.1, 0.15) is 17.8 Å². The zero-order valence-corrected chi connectivity index (χ0v) is 20.3. The van der Waals surface area contributed by atoms with Gasteiger partial charge in [-0.15, -0.1) is 0 Å². The molecule has 4 heterocycles. The maximum atomic E-state index is 13.5. The molecule has 3 aromatic rings. The lowest BCUT2D eigenvalue weighted by Crippen LogP contribution is -2.49. The molecule has 2 aliphatic heterocycles. The first kappa shape index (κ1) is 26.4. The average Bonchev–Trinajstić information content (AvgIpc) is 3.32. The largest absolute Gasteiger partial charge is 0.394 e. The lowest BCUT2D eigenvalue weighted by Gasteiger charge is -2.37. The zero-order valence-electron chi connectivity index (χ0n) is 20.3. The molecule has 8 N–H and O–H groups in total. The summed E-state index contributed by atoms with van der Waals surface area (Å²) in [6.45, 7) is 1.04. The van der Waals surface area contributed by atoms with Crippen LogP contribution in [0.15, 0.2) is 33.9 Å². The molecular weight excluding hydrogens is 505 g/mol. The van der Waals surface area contributed by atoms with Gasteiger partial charge in [0.05, 0.1) is 19.3 Å². The van der Waals surface area contributed by atoms with Crippen molar-refractivity contribution >= 4 is 17.1 Å². The zero-order chi connectivity index (χ0) is 27.1. The van der Waals surface area contributed by atoms with E-state index in [2.05, 4.69) is 15.3 Å². The van der Waals surface area contributed by atoms with E-state index in [0.717, 1.165) is 14.7 Å². The Labute approximate surface area is 214 Å². The van der Waals surface area contributed by atoms with Crippen LogP contribution >= 0.6 is 0 Å². The fourth-order valence-electron chi connectivity index (χ4n) is 5.21. The molecule has 0 radical (unpaired) electrons. The molecule has 15 heteroatoms. The van der Waals surface area contributed by atoms with E-state index in [0.29, 0.717) is 19.6 Å². The predicted molar refractivity (Wildman–Crippen MR) is 132 cm³/mol. The molecule has 5 rings (SSSR count). The monoisotopic (exact) mass is 535 g/mol. The van der Waals surface area contributed by atoms with Crippen LogP contribution in [0.4, 0.5) is 10.3 Å². The van der Waals surface area contributed by atoms with Crippen LogP contribution in [0.2, 0.25) is 0 Å². The molecule has 14 nitrogen and oxygen atoms in total. The van der Waals surface area contributed by atoms with Crippen LogP contribution in [0, 0.1) is 5.82 Å². The van der Waals surface area contributed by atoms with Gasteiger partial charge >= 0.3 is 5.69 Å². The van der Waals surface area contributed by atoms with Crippen LogP contribution in [0.25, 0.3) is 11.2 Å². The van der Waals surface area contributed by atoms with Crippen molar-refractivity contribution in [1.29, 1.82) is 0 Å². The van der Waals surface area contributed by atoms with Gasteiger partial charge in [-0.2, -0.15) is 4.98 Å². The lowest BCUT2D eigenvalue weighted by atomic mass is 10.0. The predicted octanol–water partition coefficient (Wildman–Crippen LogP) is -2.77. The summed E-state index contributed by atoms with van der Waals surface area (Å²) >= 11 is 0. The maximum Gasteiger partial charge on any atom is 0.332 e. The Hall–Kier alpha value is -3.18. The molecule has 0 saturated carbocycles. The first-order valence-corrected chi connectivity index (χ1v) is 12.2. The number of H-pyrrole nitrogens is 1. The second kappa shape index (κ2) is 10.5. The highest BCUT2D eigenvalue weighted by Gasteiger charge is 2.45. The van der Waals surface area contributed by atoms with Gasteiger partial charge in [0.2, 0.25) is 5.95 Å². The molecule has 2 fully saturated rings. The van der Waals surface area contributed by atoms with E-state index < -0.39 is 48.5 Å². The number of hydrogen-bond acceptors (Lipinski definition) is 11. The Morgan fingerprint density at radius 1 is 1.18 bits per heavy atom. The molecule has 2 aliphatic rings. The van der Waals surface area contributed by atoms with Crippen molar-refractivity contribution < 1.29 is 29.6 Å². The number of ether oxygens (including phenoxy) is 1. The number of aromatic nitrogens is 4. The smallest absolute Gasteiger partial charge is 0.332 e. The number of nitrogens with two attached hydrogens (primary N) is 1. The minimum Gasteiger partial charge on any atom is -0.394 e. The van der Waals surface area contributed by atoms with Crippen molar-refractivity contribution in [1.82, 2.24) is 29.3 Å². The molecule has 0 bridgehead atoms. The van der Waals surface area contributed by atoms with Crippen molar-refractivity contribution in [2.24, 2.45) is 0 Å². The van der Waals surface area contributed by atoms with E-state index in [9.17, 15) is 34.4 Å². The van der Waals surface area contributed by atoms with Crippen LogP contribution in [-0.2, 0) is 11.3 Å². The number of imidazole rings is 1. The van der Waals surface area contributed by atoms with Crippen molar-refractivity contribution in [2.45, 2.75) is 43.2 Å². The number of nitrogens with one attached hydrogen (secondary N) is 2. The lowest BCUT2D eigenvalue weighted by molar-refractivity contribution is -0.0529. The van der Waals surface area contributed by atoms with Crippen molar-refractivity contribution in [3.63, 3.8) is 0 Å². The number of fused-ring (bicyclic) bond motifs is 1. The normalized spacial score (nSPS) is 27.2. The molecular formula is C23H30FN7O7. The number of piperazine rings is 1. The van der Waals surface area contributed by atoms with Gasteiger partial charge in [0.25, 0.3) is 5.56 Å². The summed E-state index contributed by atoms with van der Waals surface area (Å²) in [5, 5.41) is 44.5. The van der Waals surface area contributed by atoms with Crippen LogP contribution < -0.4 is 22.3 Å². The number of nitrogens with zero attached hydrogens (tertiary/aromatic N) is 4. The Morgan fingerprint density at radius 2 is 1.92 bits per heavy atom. The minimum atomic E-state index is -1.60. The van der Waals surface area contributed by atoms with E-state index in [1.54, 1.807) is 12.1 Å². The SMILES string of the molecule is Nc1nc2c(c(=O)[nH]1)n(CC(O)CN1CCNCC1c1ccc(F)cc1)c(=O)n2[C@@H]1O[C@H](CO)[C@@H](O)[C@H]1O. The summed E-state index contributed by atoms with van der Waals surface area (Å²) in [5.74, 6) is -0.642. The number of rotatable bonds is 7. The van der Waals surface area contributed by atoms with E-state index in [1.165, 1.54) is 12.1 Å². The van der Waals surface area contributed by atoms with Gasteiger partial charge in [0, 0.05) is 32.2 Å². The number of β-amino-alcohol motifs (C(OH)–C–C–N with tert-alkyl or cyclic N) is 1. The Kier molecular flexibility index (Phi) is 7.32. The maximum absolute atomic E-state index is 13.5. The minimum absolute atomic E-state index is 0.136. The van der Waals surface area contributed by atoms with E-state index in [4.69, 9.17) is 10.5 Å². The molecule has 0 aliphatic carbocycles. The first-order valence-electron chi connectivity index (χ1n) is 12.2. The number of aliphatic hydroxyl groups is 4. The molecule has 38 heavy (non-hydrogen) atoms. The quantitative estimate of drug-likeness (QED) is 0.165. The summed E-state index contributed by atoms with van der Waals surface area (Å²) in [7, 11) is 0. The summed E-state index contributed by atoms with van der Waals surface area (Å²) in [5.41, 5.74) is 4.59. The van der Waals surface area contributed by atoms with Crippen molar-refractivity contribution in [3.8, 4) is 0 Å². The fraction of sp³-hybridized carbons (Fsp3) is 0.522. The van der Waals surface area contributed by atoms with Gasteiger partial charge in [-0.05, 0) is 17.7 Å². The Bertz CT molecular complexity index is 1410. The number of benzene rings is 1. The molecule has 0 spiro atoms. The summed E-state index contributed by atoms with van der Waals surface area (Å²) in [6, 6.07) is 5.95. The topological polar surface area (TPSA) is 204 Å². The highest BCUT2D eigenvalue weighted by molar-refractivity contribution is 5.71. The number of anilines is 1. The third-order valence-corrected chi connectivity index (χ3v) is 7.05. The molecule has 2 unspecified atom stereocenters. The number of hydrogen-bond donors (Lipinski definition) is 7. The third-order valence-electron chi connectivity index (χ3n) is 7.05. The second-order valence-electron chi connectivity index (χ2n) is 9.54. The standard InChI is InChI=1S/C23H30FN7O7/c24-12-3-1-11(2-4-12)14-7-26-5-6-29(14)8-13(33)9-30-16-19(27-22(25)28-20(16)36)31(23(30)37)21-18(35)17(34)15(10-32)38-21/h1-4,13-15,17-18,21,26,32-35H,5-10H2,(H3,25,27,28,36)/t13?,14?,15-,17-,18-,21-/m1/s1. The Morgan fingerprint density at radius 3 is 2.61 bits per heavy atom. The molecule has 6 atom stereocenters. The summed E-state index contributed by atoms with van der Waals surface area (Å²) in [4.78, 5) is 34.7. The van der Waals surface area contributed by atoms with Gasteiger partial charge in [-0.1, -0.05) is 12.1 Å². The van der Waals surface area contributed by atoms with Gasteiger partial charge in [0.1, 0.15) is 24.1 Å². The van der Waals surface area contributed by atoms with Gasteiger partial charge < -0.3 is 36.2 Å². The van der Waals surface area contributed by atoms with Gasteiger partial charge in [-0.3, -0.25) is 19.2 Å². The fourth-order valence-corrected chi connectivity index (χ4v) is 5.21. The summed E-state index contributed by atoms with van der Waals surface area (Å²) < 4.78 is 20.9. The van der Waals surface area contributed by atoms with E-state index >= 15 is 0 Å². The number of aromatic amines is 1. The number of halogens is 1. The van der Waals surface area contributed by atoms with Crippen LogP contribution in [0.3, 0.4) is 0 Å². The first-order chi connectivity index (χ1) is 18.2. The molecule has 2 aromatic heterocycles. The highest BCUT2D eigenvalue weighted by atomic mass is 19.1. The van der Waals surface area contributed by atoms with Gasteiger partial charge in [0.15, 0.2) is 17.4 Å². The van der Waals surface area contributed by atoms with Gasteiger partial charge in [-0.25, -0.2) is 13.8 Å². The summed E-state index contributed by atoms with van der Waals surface area (Å²) in [6.07, 6.45) is -6.83. The highest BCUT2D eigenvalue weighted by Crippen LogP contribution is 2.30. The second-order valence-corrected chi connectivity index (χ2v) is 9.54. The molecule has 206 valence electrons. The van der Waals surface area contributed by atoms with Crippen molar-refractivity contribution in [2.75, 3.05) is 38.5 Å². The van der Waals surface area contributed by atoms with Crippen molar-refractivity contribution in [3.05, 3.63) is 56.5 Å². The molecule has 0 amide bonds. The van der Waals surface area contributed by atoms with Crippen LogP contribution in [0.5, 0.6) is 0 Å². The van der Waals surface area contributed by atoms with E-state index in [1.807, 2.05) is 4.90 Å². The Balaban J connectivity index is 1.46. The third kappa shape index (κ3) is 4.73. The number of nitrogen functional groups attached to an aromatic ring is 1. The van der Waals surface area contributed by atoms with E-state index in [-0.39, 0.29) is 42.1 Å². The molecule has 2 saturated heterocycles.